The van der Waals surface area contributed by atoms with Gasteiger partial charge in [-0.3, -0.25) is 9.78 Å². The molecule has 2 rings (SSSR count). The van der Waals surface area contributed by atoms with E-state index in [0.29, 0.717) is 16.2 Å². The Balaban J connectivity index is 2.07. The lowest BCUT2D eigenvalue weighted by Crippen LogP contribution is -2.20. The summed E-state index contributed by atoms with van der Waals surface area (Å²) in [6.07, 6.45) is 3.00. The molecule has 0 unspecified atom stereocenters. The van der Waals surface area contributed by atoms with Crippen molar-refractivity contribution in [3.05, 3.63) is 52.0 Å². The van der Waals surface area contributed by atoms with Gasteiger partial charge in [0.15, 0.2) is 0 Å². The van der Waals surface area contributed by atoms with E-state index in [4.69, 9.17) is 0 Å². The Bertz CT molecular complexity index is 665. The minimum Gasteiger partial charge on any atom is -0.544 e. The van der Waals surface area contributed by atoms with Crippen LogP contribution in [0.15, 0.2) is 41.8 Å². The Morgan fingerprint density at radius 2 is 2.05 bits per heavy atom. The lowest BCUT2D eigenvalue weighted by Gasteiger charge is -2.01. The number of pyridine rings is 1. The summed E-state index contributed by atoms with van der Waals surface area (Å²) in [4.78, 5) is 27.0. The van der Waals surface area contributed by atoms with Gasteiger partial charge in [0.05, 0.1) is 27.0 Å². The molecule has 0 aromatic carbocycles. The second-order valence-electron chi connectivity index (χ2n) is 3.83. The van der Waals surface area contributed by atoms with Gasteiger partial charge in [0.2, 0.25) is 0 Å². The summed E-state index contributed by atoms with van der Waals surface area (Å²) in [6, 6.07) is 6.32. The van der Waals surface area contributed by atoms with Crippen LogP contribution in [0.5, 0.6) is 0 Å². The van der Waals surface area contributed by atoms with E-state index in [1.807, 2.05) is 0 Å². The molecule has 0 saturated heterocycles. The van der Waals surface area contributed by atoms with E-state index in [2.05, 4.69) is 15.5 Å². The Kier molecular flexibility index (Phi) is 4.21. The van der Waals surface area contributed by atoms with Crippen molar-refractivity contribution in [3.63, 3.8) is 0 Å². The molecule has 2 aromatic rings. The van der Waals surface area contributed by atoms with E-state index in [9.17, 15) is 14.7 Å². The average molecular weight is 288 g/mol. The van der Waals surface area contributed by atoms with Crippen molar-refractivity contribution in [2.75, 3.05) is 0 Å². The molecule has 0 aliphatic rings. The molecule has 2 heterocycles. The van der Waals surface area contributed by atoms with Crippen molar-refractivity contribution in [1.82, 2.24) is 10.4 Å². The number of hydrazone groups is 1. The van der Waals surface area contributed by atoms with Crippen LogP contribution in [0, 0.1) is 0 Å². The van der Waals surface area contributed by atoms with Gasteiger partial charge in [0, 0.05) is 12.4 Å². The maximum absolute atomic E-state index is 11.7. The summed E-state index contributed by atoms with van der Waals surface area (Å²) in [5.41, 5.74) is 3.30. The predicted molar refractivity (Wildman–Crippen MR) is 72.6 cm³/mol. The Labute approximate surface area is 118 Å². The molecule has 1 N–H and O–H groups in total. The Morgan fingerprint density at radius 1 is 1.30 bits per heavy atom. The number of aromatic carboxylic acids is 1. The molecule has 2 aromatic heterocycles. The second kappa shape index (κ2) is 6.07. The topological polar surface area (TPSA) is 94.5 Å². The van der Waals surface area contributed by atoms with Crippen molar-refractivity contribution >= 4 is 28.9 Å². The van der Waals surface area contributed by atoms with Gasteiger partial charge in [-0.2, -0.15) is 5.10 Å². The van der Waals surface area contributed by atoms with E-state index < -0.39 is 5.97 Å². The highest BCUT2D eigenvalue weighted by molar-refractivity contribution is 7.15. The number of aromatic nitrogens is 1. The number of hydrogen-bond acceptors (Lipinski definition) is 6. The highest BCUT2D eigenvalue weighted by Gasteiger charge is 2.06. The average Bonchev–Trinajstić information content (AvgIpc) is 2.95. The standard InChI is InChI=1S/C13H11N3O3S/c1-8(10-4-5-11(20-10)13(18)19)15-16-12(17)9-3-2-6-14-7-9/h2-7H,1H3,(H,16,17)(H,18,19)/p-1/b15-8-. The summed E-state index contributed by atoms with van der Waals surface area (Å²) >= 11 is 1.04. The minimum absolute atomic E-state index is 0.119. The molecule has 1 amide bonds. The third-order valence-electron chi connectivity index (χ3n) is 2.41. The molecular weight excluding hydrogens is 278 g/mol. The number of carbonyl (C=O) groups excluding carboxylic acids is 2. The van der Waals surface area contributed by atoms with Crippen LogP contribution in [-0.4, -0.2) is 22.6 Å². The first-order chi connectivity index (χ1) is 9.58. The van der Waals surface area contributed by atoms with Crippen LogP contribution >= 0.6 is 11.3 Å². The normalized spacial score (nSPS) is 11.2. The Hall–Kier alpha value is -2.54. The number of carboxylic acid groups (broad SMARTS) is 1. The zero-order valence-electron chi connectivity index (χ0n) is 10.5. The van der Waals surface area contributed by atoms with Crippen LogP contribution < -0.4 is 10.5 Å². The molecule has 0 fully saturated rings. The van der Waals surface area contributed by atoms with E-state index >= 15 is 0 Å². The highest BCUT2D eigenvalue weighted by atomic mass is 32.1. The van der Waals surface area contributed by atoms with Gasteiger partial charge in [0.1, 0.15) is 0 Å². The first-order valence-corrected chi connectivity index (χ1v) is 6.46. The highest BCUT2D eigenvalue weighted by Crippen LogP contribution is 2.16. The number of rotatable bonds is 4. The Morgan fingerprint density at radius 3 is 2.65 bits per heavy atom. The van der Waals surface area contributed by atoms with Crippen molar-refractivity contribution in [1.29, 1.82) is 0 Å². The van der Waals surface area contributed by atoms with Gasteiger partial charge >= 0.3 is 0 Å². The molecule has 102 valence electrons. The molecule has 0 bridgehead atoms. The van der Waals surface area contributed by atoms with E-state index in [1.54, 1.807) is 31.3 Å². The van der Waals surface area contributed by atoms with Crippen LogP contribution in [0.1, 0.15) is 31.8 Å². The van der Waals surface area contributed by atoms with Crippen LogP contribution in [0.2, 0.25) is 0 Å². The maximum atomic E-state index is 11.7. The van der Waals surface area contributed by atoms with E-state index in [1.165, 1.54) is 12.3 Å². The molecule has 0 aliphatic carbocycles. The molecular formula is C13H10N3O3S-. The number of nitrogens with zero attached hydrogens (tertiary/aromatic N) is 2. The zero-order chi connectivity index (χ0) is 14.5. The number of carbonyl (C=O) groups is 2. The lowest BCUT2D eigenvalue weighted by atomic mass is 10.3. The summed E-state index contributed by atoms with van der Waals surface area (Å²) in [7, 11) is 0. The summed E-state index contributed by atoms with van der Waals surface area (Å²) in [5, 5.41) is 14.6. The number of nitrogens with one attached hydrogen (secondary N) is 1. The third kappa shape index (κ3) is 3.27. The third-order valence-corrected chi connectivity index (χ3v) is 3.59. The number of carboxylic acids is 1. The number of hydrogen-bond donors (Lipinski definition) is 1. The van der Waals surface area contributed by atoms with E-state index in [-0.39, 0.29) is 10.8 Å². The summed E-state index contributed by atoms with van der Waals surface area (Å²) < 4.78 is 0. The van der Waals surface area contributed by atoms with Crippen molar-refractivity contribution < 1.29 is 14.7 Å². The SMILES string of the molecule is C/C(=N/NC(=O)c1cccnc1)c1ccc(C(=O)[O-])s1. The van der Waals surface area contributed by atoms with Crippen LogP contribution in [0.3, 0.4) is 0 Å². The monoisotopic (exact) mass is 288 g/mol. The minimum atomic E-state index is -1.23. The summed E-state index contributed by atoms with van der Waals surface area (Å²) in [6.45, 7) is 1.68. The predicted octanol–water partition coefficient (Wildman–Crippen LogP) is 0.661. The summed E-state index contributed by atoms with van der Waals surface area (Å²) in [5.74, 6) is -1.61. The molecule has 7 heteroatoms. The van der Waals surface area contributed by atoms with Crippen LogP contribution in [0.4, 0.5) is 0 Å². The van der Waals surface area contributed by atoms with Crippen molar-refractivity contribution in [2.24, 2.45) is 5.10 Å². The molecule has 20 heavy (non-hydrogen) atoms. The first kappa shape index (κ1) is 13.9. The van der Waals surface area contributed by atoms with E-state index in [0.717, 1.165) is 11.3 Å². The smallest absolute Gasteiger partial charge is 0.272 e. The fourth-order valence-electron chi connectivity index (χ4n) is 1.39. The van der Waals surface area contributed by atoms with Crippen LogP contribution in [0.25, 0.3) is 0 Å². The van der Waals surface area contributed by atoms with Gasteiger partial charge < -0.3 is 9.90 Å². The van der Waals surface area contributed by atoms with Crippen LogP contribution in [-0.2, 0) is 0 Å². The fraction of sp³-hybridized carbons (Fsp3) is 0.0769. The molecule has 0 spiro atoms. The number of thiophene rings is 1. The van der Waals surface area contributed by atoms with Crippen molar-refractivity contribution in [3.8, 4) is 0 Å². The quantitative estimate of drug-likeness (QED) is 0.660. The van der Waals surface area contributed by atoms with Gasteiger partial charge in [-0.1, -0.05) is 0 Å². The van der Waals surface area contributed by atoms with Gasteiger partial charge in [-0.25, -0.2) is 5.43 Å². The molecule has 0 atom stereocenters. The van der Waals surface area contributed by atoms with Gasteiger partial charge in [-0.05, 0) is 31.2 Å². The molecule has 0 saturated carbocycles. The maximum Gasteiger partial charge on any atom is 0.272 e. The largest absolute Gasteiger partial charge is 0.544 e. The fourth-order valence-corrected chi connectivity index (χ4v) is 2.18. The number of amides is 1. The molecule has 0 radical (unpaired) electrons. The lowest BCUT2D eigenvalue weighted by molar-refractivity contribution is -0.254. The second-order valence-corrected chi connectivity index (χ2v) is 4.91. The molecule has 6 nitrogen and oxygen atoms in total. The first-order valence-electron chi connectivity index (χ1n) is 5.64. The van der Waals surface area contributed by atoms with Gasteiger partial charge in [-0.15, -0.1) is 11.3 Å². The zero-order valence-corrected chi connectivity index (χ0v) is 11.3. The van der Waals surface area contributed by atoms with Gasteiger partial charge in [0.25, 0.3) is 5.91 Å². The molecule has 0 aliphatic heterocycles. The van der Waals surface area contributed by atoms with Crippen molar-refractivity contribution in [2.45, 2.75) is 6.92 Å².